The molecule has 15 heavy (non-hydrogen) atoms. The molecule has 0 unspecified atom stereocenters. The lowest BCUT2D eigenvalue weighted by atomic mass is 10.1. The minimum absolute atomic E-state index is 0.0670. The number of nitrogens with zero attached hydrogens (tertiary/aromatic N) is 1. The first-order valence-corrected chi connectivity index (χ1v) is 3.91. The number of ketones is 1. The predicted octanol–water partition coefficient (Wildman–Crippen LogP) is 0.681. The van der Waals surface area contributed by atoms with Gasteiger partial charge in [0, 0.05) is 11.8 Å². The number of Topliss-reactive ketones (excluding diaryl/α,β-unsaturated/α-hetero) is 1. The fraction of sp³-hybridized carbons (Fsp3) is 0.111. The molecule has 1 heterocycles. The summed E-state index contributed by atoms with van der Waals surface area (Å²) in [6.07, 6.45) is 1.04. The number of carbonyl (C=O) groups excluding carboxylic acids is 1. The summed E-state index contributed by atoms with van der Waals surface area (Å²) in [5.41, 5.74) is -1.000. The molecule has 0 fully saturated rings. The molecule has 6 nitrogen and oxygen atoms in total. The second-order valence-corrected chi connectivity index (χ2v) is 2.79. The SMILES string of the molecule is CC(=O)c1cnc(C(=O)O)c(C(=O)O)c1. The van der Waals surface area contributed by atoms with E-state index in [1.807, 2.05) is 0 Å². The van der Waals surface area contributed by atoms with Crippen LogP contribution in [-0.4, -0.2) is 32.9 Å². The van der Waals surface area contributed by atoms with Crippen LogP contribution in [0.15, 0.2) is 12.3 Å². The summed E-state index contributed by atoms with van der Waals surface area (Å²) in [5.74, 6) is -3.24. The summed E-state index contributed by atoms with van der Waals surface area (Å²) < 4.78 is 0. The molecule has 2 N–H and O–H groups in total. The predicted molar refractivity (Wildman–Crippen MR) is 48.2 cm³/mol. The highest BCUT2D eigenvalue weighted by Gasteiger charge is 2.18. The minimum Gasteiger partial charge on any atom is -0.478 e. The molecule has 0 saturated heterocycles. The van der Waals surface area contributed by atoms with Gasteiger partial charge in [0.2, 0.25) is 0 Å². The first-order valence-electron chi connectivity index (χ1n) is 3.91. The molecule has 1 aromatic heterocycles. The van der Waals surface area contributed by atoms with Crippen LogP contribution in [0.25, 0.3) is 0 Å². The number of aromatic nitrogens is 1. The Kier molecular flexibility index (Phi) is 2.80. The Labute approximate surface area is 84.2 Å². The number of hydrogen-bond donors (Lipinski definition) is 2. The zero-order valence-electron chi connectivity index (χ0n) is 7.72. The van der Waals surface area contributed by atoms with Crippen molar-refractivity contribution in [2.45, 2.75) is 6.92 Å². The van der Waals surface area contributed by atoms with E-state index < -0.39 is 23.2 Å². The summed E-state index contributed by atoms with van der Waals surface area (Å²) in [5, 5.41) is 17.3. The molecule has 0 aliphatic carbocycles. The molecule has 0 bridgehead atoms. The van der Waals surface area contributed by atoms with Crippen molar-refractivity contribution in [2.24, 2.45) is 0 Å². The number of rotatable bonds is 3. The third-order valence-electron chi connectivity index (χ3n) is 1.73. The van der Waals surface area contributed by atoms with E-state index in [2.05, 4.69) is 4.98 Å². The Bertz CT molecular complexity index is 452. The van der Waals surface area contributed by atoms with Gasteiger partial charge in [-0.15, -0.1) is 0 Å². The highest BCUT2D eigenvalue weighted by molar-refractivity contribution is 6.03. The maximum atomic E-state index is 10.9. The summed E-state index contributed by atoms with van der Waals surface area (Å²) in [7, 11) is 0. The monoisotopic (exact) mass is 209 g/mol. The number of carbonyl (C=O) groups is 3. The Hall–Kier alpha value is -2.24. The summed E-state index contributed by atoms with van der Waals surface area (Å²) in [4.78, 5) is 35.6. The van der Waals surface area contributed by atoms with Crippen molar-refractivity contribution in [3.8, 4) is 0 Å². The van der Waals surface area contributed by atoms with Gasteiger partial charge in [-0.25, -0.2) is 14.6 Å². The summed E-state index contributed by atoms with van der Waals surface area (Å²) in [6, 6.07) is 1.00. The van der Waals surface area contributed by atoms with Crippen molar-refractivity contribution in [1.29, 1.82) is 0 Å². The van der Waals surface area contributed by atoms with Crippen LogP contribution in [0.4, 0.5) is 0 Å². The van der Waals surface area contributed by atoms with Crippen LogP contribution in [-0.2, 0) is 0 Å². The molecule has 1 aromatic rings. The molecule has 0 radical (unpaired) electrons. The molecule has 0 saturated carbocycles. The van der Waals surface area contributed by atoms with Gasteiger partial charge in [-0.2, -0.15) is 0 Å². The zero-order valence-corrected chi connectivity index (χ0v) is 7.72. The first-order chi connectivity index (χ1) is 6.93. The van der Waals surface area contributed by atoms with Crippen molar-refractivity contribution < 1.29 is 24.6 Å². The first kappa shape index (κ1) is 10.8. The lowest BCUT2D eigenvalue weighted by molar-refractivity contribution is 0.0646. The molecule has 78 valence electrons. The second-order valence-electron chi connectivity index (χ2n) is 2.79. The number of hydrogen-bond acceptors (Lipinski definition) is 4. The standard InChI is InChI=1S/C9H7NO5/c1-4(11)5-2-6(8(12)13)7(9(14)15)10-3-5/h2-3H,1H3,(H,12,13)(H,14,15). The Morgan fingerprint density at radius 2 is 1.80 bits per heavy atom. The van der Waals surface area contributed by atoms with E-state index in [-0.39, 0.29) is 11.3 Å². The van der Waals surface area contributed by atoms with Gasteiger partial charge in [-0.05, 0) is 13.0 Å². The van der Waals surface area contributed by atoms with Gasteiger partial charge in [0.15, 0.2) is 11.5 Å². The highest BCUT2D eigenvalue weighted by atomic mass is 16.4. The van der Waals surface area contributed by atoms with Gasteiger partial charge < -0.3 is 10.2 Å². The molecule has 0 amide bonds. The molecular formula is C9H7NO5. The van der Waals surface area contributed by atoms with Crippen LogP contribution in [0.3, 0.4) is 0 Å². The van der Waals surface area contributed by atoms with E-state index >= 15 is 0 Å². The molecule has 0 aromatic carbocycles. The Morgan fingerprint density at radius 3 is 2.20 bits per heavy atom. The normalized spacial score (nSPS) is 9.67. The number of carboxylic acids is 2. The second kappa shape index (κ2) is 3.87. The number of aromatic carboxylic acids is 2. The molecule has 1 rings (SSSR count). The Morgan fingerprint density at radius 1 is 1.20 bits per heavy atom. The number of carboxylic acid groups (broad SMARTS) is 2. The van der Waals surface area contributed by atoms with Crippen LogP contribution < -0.4 is 0 Å². The van der Waals surface area contributed by atoms with E-state index in [0.717, 1.165) is 12.3 Å². The molecule has 0 aliphatic heterocycles. The van der Waals surface area contributed by atoms with E-state index in [1.54, 1.807) is 0 Å². The molecule has 0 spiro atoms. The van der Waals surface area contributed by atoms with Crippen LogP contribution in [0.1, 0.15) is 38.1 Å². The van der Waals surface area contributed by atoms with Gasteiger partial charge >= 0.3 is 11.9 Å². The topological polar surface area (TPSA) is 105 Å². The Balaban J connectivity index is 3.40. The van der Waals surface area contributed by atoms with Crippen molar-refractivity contribution in [3.05, 3.63) is 29.1 Å². The lowest BCUT2D eigenvalue weighted by Crippen LogP contribution is -2.12. The van der Waals surface area contributed by atoms with Crippen LogP contribution in [0, 0.1) is 0 Å². The minimum atomic E-state index is -1.44. The van der Waals surface area contributed by atoms with Gasteiger partial charge in [0.05, 0.1) is 5.56 Å². The maximum absolute atomic E-state index is 10.9. The molecule has 0 aliphatic rings. The van der Waals surface area contributed by atoms with E-state index in [0.29, 0.717) is 0 Å². The lowest BCUT2D eigenvalue weighted by Gasteiger charge is -2.01. The highest BCUT2D eigenvalue weighted by Crippen LogP contribution is 2.09. The number of pyridine rings is 1. The van der Waals surface area contributed by atoms with Crippen LogP contribution in [0.2, 0.25) is 0 Å². The van der Waals surface area contributed by atoms with Gasteiger partial charge in [-0.3, -0.25) is 4.79 Å². The van der Waals surface area contributed by atoms with Crippen LogP contribution in [0.5, 0.6) is 0 Å². The fourth-order valence-electron chi connectivity index (χ4n) is 0.991. The third kappa shape index (κ3) is 2.16. The van der Waals surface area contributed by atoms with Gasteiger partial charge in [0.1, 0.15) is 0 Å². The van der Waals surface area contributed by atoms with Crippen molar-refractivity contribution in [3.63, 3.8) is 0 Å². The summed E-state index contributed by atoms with van der Waals surface area (Å²) in [6.45, 7) is 1.24. The average Bonchev–Trinajstić information content (AvgIpc) is 2.16. The third-order valence-corrected chi connectivity index (χ3v) is 1.73. The van der Waals surface area contributed by atoms with Gasteiger partial charge in [-0.1, -0.05) is 0 Å². The summed E-state index contributed by atoms with van der Waals surface area (Å²) >= 11 is 0. The molecule has 0 atom stereocenters. The average molecular weight is 209 g/mol. The van der Waals surface area contributed by atoms with Gasteiger partial charge in [0.25, 0.3) is 0 Å². The van der Waals surface area contributed by atoms with E-state index in [4.69, 9.17) is 10.2 Å². The zero-order chi connectivity index (χ0) is 11.6. The molecular weight excluding hydrogens is 202 g/mol. The molecule has 6 heteroatoms. The maximum Gasteiger partial charge on any atom is 0.355 e. The van der Waals surface area contributed by atoms with Crippen molar-refractivity contribution in [1.82, 2.24) is 4.98 Å². The van der Waals surface area contributed by atoms with E-state index in [1.165, 1.54) is 6.92 Å². The van der Waals surface area contributed by atoms with E-state index in [9.17, 15) is 14.4 Å². The van der Waals surface area contributed by atoms with Crippen molar-refractivity contribution in [2.75, 3.05) is 0 Å². The quantitative estimate of drug-likeness (QED) is 0.709. The van der Waals surface area contributed by atoms with Crippen LogP contribution >= 0.6 is 0 Å². The smallest absolute Gasteiger partial charge is 0.355 e. The fourth-order valence-corrected chi connectivity index (χ4v) is 0.991. The van der Waals surface area contributed by atoms with Crippen molar-refractivity contribution >= 4 is 17.7 Å². The largest absolute Gasteiger partial charge is 0.478 e.